The maximum absolute atomic E-state index is 12.2. The molecule has 2 aromatic carbocycles. The smallest absolute Gasteiger partial charge is 0.133 e. The second-order valence-electron chi connectivity index (χ2n) is 6.70. The molecule has 2 N–H and O–H groups in total. The van der Waals surface area contributed by atoms with E-state index in [1.54, 1.807) is 0 Å². The lowest BCUT2D eigenvalue weighted by Crippen LogP contribution is -2.03. The highest BCUT2D eigenvalue weighted by Gasteiger charge is 2.09. The van der Waals surface area contributed by atoms with Gasteiger partial charge in [0, 0.05) is 12.8 Å². The Morgan fingerprint density at radius 1 is 0.708 bits per heavy atom. The number of aromatic hydroxyl groups is 2. The van der Waals surface area contributed by atoms with Gasteiger partial charge < -0.3 is 10.2 Å². The van der Waals surface area contributed by atoms with Gasteiger partial charge >= 0.3 is 0 Å². The number of carbonyl (C=O) groups is 1. The van der Waals surface area contributed by atoms with Crippen molar-refractivity contribution in [2.24, 2.45) is 0 Å². The number of benzene rings is 2. The van der Waals surface area contributed by atoms with Crippen molar-refractivity contribution in [3.8, 4) is 11.5 Å². The molecule has 2 rings (SSSR count). The molecule has 128 valence electrons. The minimum atomic E-state index is 0.238. The van der Waals surface area contributed by atoms with E-state index in [0.717, 1.165) is 33.4 Å². The van der Waals surface area contributed by atoms with Crippen molar-refractivity contribution < 1.29 is 15.0 Å². The number of hydrogen-bond acceptors (Lipinski definition) is 3. The Bertz CT molecular complexity index is 650. The van der Waals surface area contributed by atoms with Crippen LogP contribution in [0.3, 0.4) is 0 Å². The van der Waals surface area contributed by atoms with Crippen LogP contribution in [0.4, 0.5) is 0 Å². The van der Waals surface area contributed by atoms with Gasteiger partial charge in [0.15, 0.2) is 0 Å². The fourth-order valence-corrected chi connectivity index (χ4v) is 3.07. The Morgan fingerprint density at radius 2 is 1.00 bits per heavy atom. The van der Waals surface area contributed by atoms with Gasteiger partial charge in [-0.1, -0.05) is 24.3 Å². The highest BCUT2D eigenvalue weighted by atomic mass is 16.3. The van der Waals surface area contributed by atoms with Crippen LogP contribution in [0, 0.1) is 27.7 Å². The number of phenolic OH excluding ortho intramolecular Hbond substituents is 2. The molecule has 0 saturated carbocycles. The fourth-order valence-electron chi connectivity index (χ4n) is 3.07. The van der Waals surface area contributed by atoms with Crippen LogP contribution in [-0.2, 0) is 17.6 Å². The standard InChI is InChI=1S/C21H26O3/c1-13-9-17(10-14(2)20(13)23)5-7-19(22)8-6-18-11-15(3)21(24)16(4)12-18/h9-12,23-24H,5-8H2,1-4H3. The molecule has 0 aliphatic heterocycles. The van der Waals surface area contributed by atoms with Crippen LogP contribution in [-0.4, -0.2) is 16.0 Å². The van der Waals surface area contributed by atoms with Gasteiger partial charge in [-0.3, -0.25) is 4.79 Å². The van der Waals surface area contributed by atoms with E-state index in [4.69, 9.17) is 0 Å². The lowest BCUT2D eigenvalue weighted by Gasteiger charge is -2.09. The van der Waals surface area contributed by atoms with Crippen LogP contribution in [0.25, 0.3) is 0 Å². The highest BCUT2D eigenvalue weighted by Crippen LogP contribution is 2.25. The number of rotatable bonds is 6. The summed E-state index contributed by atoms with van der Waals surface area (Å²) in [6, 6.07) is 7.79. The maximum Gasteiger partial charge on any atom is 0.133 e. The molecule has 3 heteroatoms. The van der Waals surface area contributed by atoms with Crippen molar-refractivity contribution in [2.45, 2.75) is 53.4 Å². The molecule has 0 aliphatic carbocycles. The summed E-state index contributed by atoms with van der Waals surface area (Å²) in [6.45, 7) is 7.51. The van der Waals surface area contributed by atoms with Crippen molar-refractivity contribution in [1.82, 2.24) is 0 Å². The zero-order valence-electron chi connectivity index (χ0n) is 14.9. The Morgan fingerprint density at radius 3 is 1.29 bits per heavy atom. The van der Waals surface area contributed by atoms with Crippen LogP contribution >= 0.6 is 0 Å². The third kappa shape index (κ3) is 4.38. The summed E-state index contributed by atoms with van der Waals surface area (Å²) >= 11 is 0. The molecule has 3 nitrogen and oxygen atoms in total. The molecular weight excluding hydrogens is 300 g/mol. The third-order valence-corrected chi connectivity index (χ3v) is 4.49. The average molecular weight is 326 g/mol. The quantitative estimate of drug-likeness (QED) is 0.823. The first-order chi connectivity index (χ1) is 11.3. The molecule has 0 atom stereocenters. The molecule has 0 amide bonds. The summed E-state index contributed by atoms with van der Waals surface area (Å²) in [5.41, 5.74) is 5.60. The normalized spacial score (nSPS) is 10.8. The number of Topliss-reactive ketones (excluding diaryl/α,β-unsaturated/α-hetero) is 1. The summed E-state index contributed by atoms with van der Waals surface area (Å²) in [6.07, 6.45) is 2.43. The van der Waals surface area contributed by atoms with Crippen molar-refractivity contribution >= 4 is 5.78 Å². The number of ketones is 1. The Kier molecular flexibility index (Phi) is 5.66. The second-order valence-corrected chi connectivity index (χ2v) is 6.70. The predicted molar refractivity (Wildman–Crippen MR) is 96.8 cm³/mol. The van der Waals surface area contributed by atoms with Gasteiger partial charge in [-0.25, -0.2) is 0 Å². The van der Waals surface area contributed by atoms with Crippen molar-refractivity contribution in [2.75, 3.05) is 0 Å². The van der Waals surface area contributed by atoms with Crippen LogP contribution < -0.4 is 0 Å². The fraction of sp³-hybridized carbons (Fsp3) is 0.381. The molecule has 24 heavy (non-hydrogen) atoms. The molecule has 0 aromatic heterocycles. The first-order valence-electron chi connectivity index (χ1n) is 8.37. The maximum atomic E-state index is 12.2. The molecule has 0 heterocycles. The van der Waals surface area contributed by atoms with Crippen LogP contribution in [0.15, 0.2) is 24.3 Å². The first kappa shape index (κ1) is 18.1. The molecule has 0 aliphatic rings. The summed E-state index contributed by atoms with van der Waals surface area (Å²) in [7, 11) is 0. The van der Waals surface area contributed by atoms with E-state index in [1.165, 1.54) is 0 Å². The van der Waals surface area contributed by atoms with E-state index in [2.05, 4.69) is 0 Å². The van der Waals surface area contributed by atoms with Gasteiger partial charge in [0.25, 0.3) is 0 Å². The molecule has 2 aromatic rings. The summed E-state index contributed by atoms with van der Waals surface area (Å²) < 4.78 is 0. The van der Waals surface area contributed by atoms with Crippen LogP contribution in [0.2, 0.25) is 0 Å². The molecule has 0 bridgehead atoms. The SMILES string of the molecule is Cc1cc(CCC(=O)CCc2cc(C)c(O)c(C)c2)cc(C)c1O. The van der Waals surface area contributed by atoms with Crippen molar-refractivity contribution in [3.05, 3.63) is 57.6 Å². The number of carbonyl (C=O) groups excluding carboxylic acids is 1. The van der Waals surface area contributed by atoms with Crippen LogP contribution in [0.1, 0.15) is 46.2 Å². The van der Waals surface area contributed by atoms with Gasteiger partial charge in [0.05, 0.1) is 0 Å². The monoisotopic (exact) mass is 326 g/mol. The zero-order valence-corrected chi connectivity index (χ0v) is 14.9. The number of aryl methyl sites for hydroxylation is 6. The lowest BCUT2D eigenvalue weighted by molar-refractivity contribution is -0.119. The van der Waals surface area contributed by atoms with Crippen LogP contribution in [0.5, 0.6) is 11.5 Å². The van der Waals surface area contributed by atoms with E-state index >= 15 is 0 Å². The third-order valence-electron chi connectivity index (χ3n) is 4.49. The number of hydrogen-bond donors (Lipinski definition) is 2. The van der Waals surface area contributed by atoms with Gasteiger partial charge in [-0.2, -0.15) is 0 Å². The lowest BCUT2D eigenvalue weighted by atomic mass is 9.98. The predicted octanol–water partition coefficient (Wildman–Crippen LogP) is 4.47. The van der Waals surface area contributed by atoms with Gasteiger partial charge in [0.1, 0.15) is 17.3 Å². The average Bonchev–Trinajstić information content (AvgIpc) is 2.53. The van der Waals surface area contributed by atoms with Gasteiger partial charge in [-0.15, -0.1) is 0 Å². The molecule has 0 radical (unpaired) electrons. The van der Waals surface area contributed by atoms with E-state index in [0.29, 0.717) is 37.2 Å². The summed E-state index contributed by atoms with van der Waals surface area (Å²) in [5.74, 6) is 0.910. The largest absolute Gasteiger partial charge is 0.507 e. The van der Waals surface area contributed by atoms with Crippen molar-refractivity contribution in [3.63, 3.8) is 0 Å². The Hall–Kier alpha value is -2.29. The Labute approximate surface area is 144 Å². The molecular formula is C21H26O3. The van der Waals surface area contributed by atoms with Gasteiger partial charge in [-0.05, 0) is 73.9 Å². The number of phenols is 2. The van der Waals surface area contributed by atoms with E-state index in [-0.39, 0.29) is 5.78 Å². The van der Waals surface area contributed by atoms with E-state index in [1.807, 2.05) is 52.0 Å². The molecule has 0 saturated heterocycles. The molecule has 0 fully saturated rings. The summed E-state index contributed by atoms with van der Waals surface area (Å²) in [5, 5.41) is 19.6. The van der Waals surface area contributed by atoms with Gasteiger partial charge in [0.2, 0.25) is 0 Å². The topological polar surface area (TPSA) is 57.5 Å². The highest BCUT2D eigenvalue weighted by molar-refractivity contribution is 5.79. The minimum absolute atomic E-state index is 0.238. The second kappa shape index (κ2) is 7.52. The van der Waals surface area contributed by atoms with E-state index in [9.17, 15) is 15.0 Å². The molecule has 0 spiro atoms. The summed E-state index contributed by atoms with van der Waals surface area (Å²) in [4.78, 5) is 12.2. The van der Waals surface area contributed by atoms with Crippen molar-refractivity contribution in [1.29, 1.82) is 0 Å². The Balaban J connectivity index is 1.90. The van der Waals surface area contributed by atoms with E-state index < -0.39 is 0 Å². The molecule has 0 unspecified atom stereocenters. The zero-order chi connectivity index (χ0) is 17.9. The first-order valence-corrected chi connectivity index (χ1v) is 8.37. The minimum Gasteiger partial charge on any atom is -0.507 e.